The van der Waals surface area contributed by atoms with Crippen molar-refractivity contribution in [3.63, 3.8) is 0 Å². The van der Waals surface area contributed by atoms with Gasteiger partial charge in [0.2, 0.25) is 5.91 Å². The summed E-state index contributed by atoms with van der Waals surface area (Å²) in [6.45, 7) is 6.29. The van der Waals surface area contributed by atoms with Crippen molar-refractivity contribution < 1.29 is 4.79 Å². The molecule has 1 aromatic rings. The van der Waals surface area contributed by atoms with Gasteiger partial charge in [0.1, 0.15) is 0 Å². The molecule has 0 radical (unpaired) electrons. The van der Waals surface area contributed by atoms with E-state index in [1.54, 1.807) is 0 Å². The molecule has 1 aliphatic rings. The molecule has 2 rings (SSSR count). The van der Waals surface area contributed by atoms with Gasteiger partial charge in [0.25, 0.3) is 0 Å². The van der Waals surface area contributed by atoms with Gasteiger partial charge in [0, 0.05) is 12.0 Å². The second kappa shape index (κ2) is 4.52. The quantitative estimate of drug-likeness (QED) is 0.851. The van der Waals surface area contributed by atoms with E-state index in [-0.39, 0.29) is 11.4 Å². The highest BCUT2D eigenvalue weighted by Crippen LogP contribution is 2.29. The van der Waals surface area contributed by atoms with E-state index in [0.29, 0.717) is 12.3 Å². The van der Waals surface area contributed by atoms with E-state index < -0.39 is 0 Å². The molecule has 17 heavy (non-hydrogen) atoms. The van der Waals surface area contributed by atoms with Gasteiger partial charge in [0.15, 0.2) is 0 Å². The highest BCUT2D eigenvalue weighted by atomic mass is 16.1. The fourth-order valence-corrected chi connectivity index (χ4v) is 2.65. The molecule has 2 heteroatoms. The normalized spacial score (nSPS) is 16.9. The first kappa shape index (κ1) is 12.2. The zero-order valence-corrected chi connectivity index (χ0v) is 10.9. The van der Waals surface area contributed by atoms with Gasteiger partial charge in [-0.2, -0.15) is 0 Å². The third kappa shape index (κ3) is 2.87. The number of hydrogen-bond donors (Lipinski definition) is 1. The highest BCUT2D eigenvalue weighted by Gasteiger charge is 2.33. The molecule has 1 N–H and O–H groups in total. The van der Waals surface area contributed by atoms with Crippen LogP contribution in [0.1, 0.15) is 38.3 Å². The van der Waals surface area contributed by atoms with Crippen LogP contribution in [0.2, 0.25) is 0 Å². The molecule has 0 saturated carbocycles. The molecule has 0 bridgehead atoms. The SMILES string of the molecule is CC(C)CC(=O)NC1(C)Cc2ccccc2C1. The maximum absolute atomic E-state index is 11.9. The molecule has 2 nitrogen and oxygen atoms in total. The molecule has 0 heterocycles. The van der Waals surface area contributed by atoms with E-state index in [1.807, 2.05) is 0 Å². The van der Waals surface area contributed by atoms with Crippen molar-refractivity contribution >= 4 is 5.91 Å². The second-order valence-electron chi connectivity index (χ2n) is 5.83. The Labute approximate surface area is 103 Å². The molecular formula is C15H21NO. The van der Waals surface area contributed by atoms with Crippen LogP contribution in [0.25, 0.3) is 0 Å². The Hall–Kier alpha value is -1.31. The van der Waals surface area contributed by atoms with Crippen LogP contribution in [-0.4, -0.2) is 11.4 Å². The Kier molecular flexibility index (Phi) is 3.23. The summed E-state index contributed by atoms with van der Waals surface area (Å²) in [6, 6.07) is 8.46. The number of fused-ring (bicyclic) bond motifs is 1. The topological polar surface area (TPSA) is 29.1 Å². The summed E-state index contributed by atoms with van der Waals surface area (Å²) in [7, 11) is 0. The number of nitrogens with one attached hydrogen (secondary N) is 1. The fourth-order valence-electron chi connectivity index (χ4n) is 2.65. The fraction of sp³-hybridized carbons (Fsp3) is 0.533. The first-order valence-electron chi connectivity index (χ1n) is 6.36. The van der Waals surface area contributed by atoms with Gasteiger partial charge in [-0.25, -0.2) is 0 Å². The molecule has 92 valence electrons. The minimum Gasteiger partial charge on any atom is -0.350 e. The first-order chi connectivity index (χ1) is 7.98. The third-order valence-electron chi connectivity index (χ3n) is 3.31. The van der Waals surface area contributed by atoms with Crippen LogP contribution in [-0.2, 0) is 17.6 Å². The Morgan fingerprint density at radius 1 is 1.29 bits per heavy atom. The Balaban J connectivity index is 2.02. The van der Waals surface area contributed by atoms with Crippen LogP contribution in [0, 0.1) is 5.92 Å². The summed E-state index contributed by atoms with van der Waals surface area (Å²) in [5.74, 6) is 0.595. The summed E-state index contributed by atoms with van der Waals surface area (Å²) < 4.78 is 0. The van der Waals surface area contributed by atoms with Gasteiger partial charge < -0.3 is 5.32 Å². The maximum atomic E-state index is 11.9. The maximum Gasteiger partial charge on any atom is 0.220 e. The minimum atomic E-state index is -0.0876. The predicted octanol–water partition coefficient (Wildman–Crippen LogP) is 2.71. The van der Waals surface area contributed by atoms with Crippen molar-refractivity contribution in [3.8, 4) is 0 Å². The molecule has 0 atom stereocenters. The number of benzene rings is 1. The van der Waals surface area contributed by atoms with Crippen molar-refractivity contribution in [2.75, 3.05) is 0 Å². The van der Waals surface area contributed by atoms with Crippen LogP contribution in [0.5, 0.6) is 0 Å². The summed E-state index contributed by atoms with van der Waals surface area (Å²) in [6.07, 6.45) is 2.52. The van der Waals surface area contributed by atoms with E-state index in [0.717, 1.165) is 12.8 Å². The molecule has 0 aliphatic heterocycles. The van der Waals surface area contributed by atoms with Crippen LogP contribution < -0.4 is 5.32 Å². The number of amides is 1. The van der Waals surface area contributed by atoms with E-state index in [4.69, 9.17) is 0 Å². The van der Waals surface area contributed by atoms with Gasteiger partial charge in [-0.3, -0.25) is 4.79 Å². The monoisotopic (exact) mass is 231 g/mol. The zero-order chi connectivity index (χ0) is 12.5. The van der Waals surface area contributed by atoms with Gasteiger partial charge in [0.05, 0.1) is 0 Å². The Morgan fingerprint density at radius 2 is 1.82 bits per heavy atom. The molecule has 1 amide bonds. The summed E-state index contributed by atoms with van der Waals surface area (Å²) >= 11 is 0. The zero-order valence-electron chi connectivity index (χ0n) is 10.9. The van der Waals surface area contributed by atoms with E-state index >= 15 is 0 Å². The second-order valence-corrected chi connectivity index (χ2v) is 5.83. The van der Waals surface area contributed by atoms with Crippen molar-refractivity contribution in [2.24, 2.45) is 5.92 Å². The van der Waals surface area contributed by atoms with E-state index in [9.17, 15) is 4.79 Å². The molecular weight excluding hydrogens is 210 g/mol. The summed E-state index contributed by atoms with van der Waals surface area (Å²) in [5.41, 5.74) is 2.66. The summed E-state index contributed by atoms with van der Waals surface area (Å²) in [5, 5.41) is 3.19. The smallest absolute Gasteiger partial charge is 0.220 e. The van der Waals surface area contributed by atoms with E-state index in [2.05, 4.69) is 50.4 Å². The highest BCUT2D eigenvalue weighted by molar-refractivity contribution is 5.77. The van der Waals surface area contributed by atoms with Crippen molar-refractivity contribution in [3.05, 3.63) is 35.4 Å². The van der Waals surface area contributed by atoms with Crippen LogP contribution in [0.4, 0.5) is 0 Å². The number of carbonyl (C=O) groups excluding carboxylic acids is 1. The molecule has 0 saturated heterocycles. The van der Waals surface area contributed by atoms with Gasteiger partial charge >= 0.3 is 0 Å². The van der Waals surface area contributed by atoms with Crippen molar-refractivity contribution in [1.82, 2.24) is 5.32 Å². The van der Waals surface area contributed by atoms with Crippen LogP contribution >= 0.6 is 0 Å². The minimum absolute atomic E-state index is 0.0876. The lowest BCUT2D eigenvalue weighted by Gasteiger charge is -2.26. The Morgan fingerprint density at radius 3 is 2.29 bits per heavy atom. The lowest BCUT2D eigenvalue weighted by Crippen LogP contribution is -2.47. The number of carbonyl (C=O) groups is 1. The average molecular weight is 231 g/mol. The molecule has 0 spiro atoms. The molecule has 0 fully saturated rings. The molecule has 1 aliphatic carbocycles. The number of hydrogen-bond acceptors (Lipinski definition) is 1. The number of rotatable bonds is 3. The summed E-state index contributed by atoms with van der Waals surface area (Å²) in [4.78, 5) is 11.9. The molecule has 0 unspecified atom stereocenters. The lowest BCUT2D eigenvalue weighted by molar-refractivity contribution is -0.123. The van der Waals surface area contributed by atoms with Gasteiger partial charge in [-0.15, -0.1) is 0 Å². The predicted molar refractivity (Wildman–Crippen MR) is 69.9 cm³/mol. The largest absolute Gasteiger partial charge is 0.350 e. The third-order valence-corrected chi connectivity index (χ3v) is 3.31. The standard InChI is InChI=1S/C15H21NO/c1-11(2)8-14(17)16-15(3)9-12-6-4-5-7-13(12)10-15/h4-7,11H,8-10H2,1-3H3,(H,16,17). The molecule has 0 aromatic heterocycles. The Bertz CT molecular complexity index is 398. The van der Waals surface area contributed by atoms with Crippen molar-refractivity contribution in [1.29, 1.82) is 0 Å². The lowest BCUT2D eigenvalue weighted by atomic mass is 9.97. The van der Waals surface area contributed by atoms with Crippen LogP contribution in [0.3, 0.4) is 0 Å². The van der Waals surface area contributed by atoms with E-state index in [1.165, 1.54) is 11.1 Å². The van der Waals surface area contributed by atoms with Gasteiger partial charge in [-0.05, 0) is 36.8 Å². The van der Waals surface area contributed by atoms with Crippen LogP contribution in [0.15, 0.2) is 24.3 Å². The average Bonchev–Trinajstić information content (AvgIpc) is 2.51. The van der Waals surface area contributed by atoms with Gasteiger partial charge in [-0.1, -0.05) is 38.1 Å². The first-order valence-corrected chi connectivity index (χ1v) is 6.36. The van der Waals surface area contributed by atoms with Crippen molar-refractivity contribution in [2.45, 2.75) is 45.6 Å². The molecule has 1 aromatic carbocycles.